The van der Waals surface area contributed by atoms with Gasteiger partial charge in [-0.05, 0) is 41.7 Å². The van der Waals surface area contributed by atoms with Crippen LogP contribution in [0.1, 0.15) is 59.1 Å². The number of benzene rings is 1. The van der Waals surface area contributed by atoms with Crippen molar-refractivity contribution in [1.29, 1.82) is 0 Å². The van der Waals surface area contributed by atoms with Crippen molar-refractivity contribution in [2.75, 3.05) is 18.9 Å². The molecule has 0 unspecified atom stereocenters. The van der Waals surface area contributed by atoms with Crippen LogP contribution in [0.25, 0.3) is 10.9 Å². The van der Waals surface area contributed by atoms with Gasteiger partial charge in [-0.1, -0.05) is 26.0 Å². The zero-order valence-electron chi connectivity index (χ0n) is 20.0. The molecule has 7 nitrogen and oxygen atoms in total. The van der Waals surface area contributed by atoms with Crippen LogP contribution in [-0.4, -0.2) is 40.0 Å². The smallest absolute Gasteiger partial charge is 0.383 e. The van der Waals surface area contributed by atoms with Gasteiger partial charge in [0.1, 0.15) is 11.5 Å². The zero-order valence-corrected chi connectivity index (χ0v) is 20.0. The van der Waals surface area contributed by atoms with E-state index in [2.05, 4.69) is 23.8 Å². The first-order valence-corrected chi connectivity index (χ1v) is 11.9. The molecule has 5 rings (SSSR count). The van der Waals surface area contributed by atoms with Gasteiger partial charge >= 0.3 is 6.18 Å². The molecule has 2 N–H and O–H groups in total. The molecule has 190 valence electrons. The van der Waals surface area contributed by atoms with Gasteiger partial charge in [0, 0.05) is 10.9 Å². The Kier molecular flexibility index (Phi) is 6.34. The topological polar surface area (TPSA) is 90.6 Å². The number of hydrogen-bond donors (Lipinski definition) is 1. The van der Waals surface area contributed by atoms with Gasteiger partial charge in [-0.15, -0.1) is 0 Å². The Morgan fingerprint density at radius 3 is 2.56 bits per heavy atom. The molecule has 4 heterocycles. The standard InChI is InChI=1S/C26H27F3N4O3/c1-14(2)7-17-10-35-13-23(15-3-5-16(6-4-15)26(27,28)29)33(17)25(34)21-8-18-19-11-36-12-20(19)24(30)32-22(18)9-31-21/h3-6,8-9,14,17,23H,7,10-13H2,1-2H3,(H2,30,32)/t17-,23-/m0/s1. The Bertz CT molecular complexity index is 1290. The number of aromatic nitrogens is 2. The minimum Gasteiger partial charge on any atom is -0.383 e. The van der Waals surface area contributed by atoms with E-state index in [4.69, 9.17) is 15.2 Å². The fraction of sp³-hybridized carbons (Fsp3) is 0.423. The highest BCUT2D eigenvalue weighted by Crippen LogP contribution is 2.36. The van der Waals surface area contributed by atoms with Gasteiger partial charge in [-0.25, -0.2) is 9.97 Å². The van der Waals surface area contributed by atoms with E-state index >= 15 is 0 Å². The number of morpholine rings is 1. The van der Waals surface area contributed by atoms with Crippen LogP contribution in [0, 0.1) is 5.92 Å². The lowest BCUT2D eigenvalue weighted by Gasteiger charge is -2.43. The highest BCUT2D eigenvalue weighted by atomic mass is 19.4. The first-order valence-electron chi connectivity index (χ1n) is 11.9. The quantitative estimate of drug-likeness (QED) is 0.549. The average molecular weight is 501 g/mol. The summed E-state index contributed by atoms with van der Waals surface area (Å²) in [5.74, 6) is 0.362. The highest BCUT2D eigenvalue weighted by molar-refractivity contribution is 5.97. The van der Waals surface area contributed by atoms with Crippen molar-refractivity contribution in [3.8, 4) is 0 Å². The molecule has 0 spiro atoms. The predicted molar refractivity (Wildman–Crippen MR) is 127 cm³/mol. The number of anilines is 1. The number of pyridine rings is 2. The number of fused-ring (bicyclic) bond motifs is 3. The number of nitrogens with zero attached hydrogens (tertiary/aromatic N) is 3. The molecule has 0 saturated carbocycles. The van der Waals surface area contributed by atoms with Gasteiger partial charge in [0.15, 0.2) is 0 Å². The average Bonchev–Trinajstić information content (AvgIpc) is 3.34. The summed E-state index contributed by atoms with van der Waals surface area (Å²) in [5.41, 5.74) is 8.42. The molecule has 0 aliphatic carbocycles. The SMILES string of the molecule is CC(C)C[C@H]1COC[C@@H](c2ccc(C(F)(F)F)cc2)N1C(=O)c1cc2c3c(c(N)nc2cn1)COC3. The predicted octanol–water partition coefficient (Wildman–Crippen LogP) is 4.89. The number of carbonyl (C=O) groups excluding carboxylic acids is 1. The van der Waals surface area contributed by atoms with E-state index in [9.17, 15) is 18.0 Å². The Balaban J connectivity index is 1.55. The number of nitrogens with two attached hydrogens (primary N) is 1. The molecule has 1 saturated heterocycles. The normalized spacial score (nSPS) is 20.2. The number of carbonyl (C=O) groups is 1. The number of hydrogen-bond acceptors (Lipinski definition) is 6. The number of halogens is 3. The fourth-order valence-electron chi connectivity index (χ4n) is 5.04. The van der Waals surface area contributed by atoms with Crippen molar-refractivity contribution in [3.05, 3.63) is 64.5 Å². The second kappa shape index (κ2) is 9.33. The van der Waals surface area contributed by atoms with E-state index in [0.29, 0.717) is 43.1 Å². The van der Waals surface area contributed by atoms with Gasteiger partial charge in [0.2, 0.25) is 0 Å². The maximum Gasteiger partial charge on any atom is 0.416 e. The molecule has 0 bridgehead atoms. The summed E-state index contributed by atoms with van der Waals surface area (Å²) in [7, 11) is 0. The molecule has 2 atom stereocenters. The maximum absolute atomic E-state index is 14.0. The van der Waals surface area contributed by atoms with Crippen LogP contribution in [-0.2, 0) is 28.9 Å². The van der Waals surface area contributed by atoms with Crippen molar-refractivity contribution in [3.63, 3.8) is 0 Å². The van der Waals surface area contributed by atoms with E-state index < -0.39 is 17.8 Å². The largest absolute Gasteiger partial charge is 0.416 e. The third-order valence-corrected chi connectivity index (χ3v) is 6.75. The summed E-state index contributed by atoms with van der Waals surface area (Å²) in [6, 6.07) is 5.82. The zero-order chi connectivity index (χ0) is 25.6. The second-order valence-electron chi connectivity index (χ2n) is 9.70. The van der Waals surface area contributed by atoms with Crippen LogP contribution in [0.2, 0.25) is 0 Å². The first-order chi connectivity index (χ1) is 17.1. The molecule has 3 aromatic rings. The summed E-state index contributed by atoms with van der Waals surface area (Å²) in [5, 5.41) is 0.759. The van der Waals surface area contributed by atoms with Crippen molar-refractivity contribution in [1.82, 2.24) is 14.9 Å². The number of alkyl halides is 3. The van der Waals surface area contributed by atoms with Crippen molar-refractivity contribution in [2.24, 2.45) is 5.92 Å². The monoisotopic (exact) mass is 500 g/mol. The third kappa shape index (κ3) is 4.51. The van der Waals surface area contributed by atoms with E-state index in [-0.39, 0.29) is 30.2 Å². The number of ether oxygens (including phenoxy) is 2. The lowest BCUT2D eigenvalue weighted by atomic mass is 9.95. The van der Waals surface area contributed by atoms with Gasteiger partial charge in [0.05, 0.1) is 55.8 Å². The van der Waals surface area contributed by atoms with Crippen LogP contribution in [0.15, 0.2) is 36.5 Å². The van der Waals surface area contributed by atoms with Crippen LogP contribution in [0.5, 0.6) is 0 Å². The molecule has 0 radical (unpaired) electrons. The Morgan fingerprint density at radius 2 is 1.86 bits per heavy atom. The van der Waals surface area contributed by atoms with Gasteiger partial charge in [-0.3, -0.25) is 4.79 Å². The molecule has 36 heavy (non-hydrogen) atoms. The molecule has 1 amide bonds. The van der Waals surface area contributed by atoms with Crippen molar-refractivity contribution in [2.45, 2.75) is 51.7 Å². The molecule has 1 aromatic carbocycles. The fourth-order valence-corrected chi connectivity index (χ4v) is 5.04. The minimum atomic E-state index is -4.44. The maximum atomic E-state index is 14.0. The molecular weight excluding hydrogens is 473 g/mol. The third-order valence-electron chi connectivity index (χ3n) is 6.75. The van der Waals surface area contributed by atoms with Gasteiger partial charge in [-0.2, -0.15) is 13.2 Å². The van der Waals surface area contributed by atoms with E-state index in [1.54, 1.807) is 11.0 Å². The Morgan fingerprint density at radius 1 is 1.14 bits per heavy atom. The summed E-state index contributed by atoms with van der Waals surface area (Å²) in [4.78, 5) is 24.5. The summed E-state index contributed by atoms with van der Waals surface area (Å²) >= 11 is 0. The number of rotatable bonds is 4. The Hall–Kier alpha value is -3.24. The molecule has 2 aromatic heterocycles. The summed E-state index contributed by atoms with van der Waals surface area (Å²) in [6.45, 7) is 5.37. The van der Waals surface area contributed by atoms with Crippen molar-refractivity contribution >= 4 is 22.6 Å². The van der Waals surface area contributed by atoms with Crippen LogP contribution >= 0.6 is 0 Å². The van der Waals surface area contributed by atoms with E-state index in [1.807, 2.05) is 0 Å². The summed E-state index contributed by atoms with van der Waals surface area (Å²) < 4.78 is 50.8. The molecule has 2 aliphatic heterocycles. The lowest BCUT2D eigenvalue weighted by Crippen LogP contribution is -2.51. The van der Waals surface area contributed by atoms with E-state index in [0.717, 1.165) is 28.6 Å². The molecule has 10 heteroatoms. The summed E-state index contributed by atoms with van der Waals surface area (Å²) in [6.07, 6.45) is -2.23. The molecule has 1 fully saturated rings. The first kappa shape index (κ1) is 24.5. The lowest BCUT2D eigenvalue weighted by molar-refractivity contribution is -0.137. The highest BCUT2D eigenvalue weighted by Gasteiger charge is 2.38. The van der Waals surface area contributed by atoms with Crippen LogP contribution in [0.3, 0.4) is 0 Å². The van der Waals surface area contributed by atoms with Crippen LogP contribution in [0.4, 0.5) is 19.0 Å². The van der Waals surface area contributed by atoms with Gasteiger partial charge < -0.3 is 20.1 Å². The molecule has 2 aliphatic rings. The van der Waals surface area contributed by atoms with Crippen molar-refractivity contribution < 1.29 is 27.4 Å². The number of amides is 1. The van der Waals surface area contributed by atoms with Gasteiger partial charge in [0.25, 0.3) is 5.91 Å². The van der Waals surface area contributed by atoms with E-state index in [1.165, 1.54) is 18.3 Å². The number of nitrogen functional groups attached to an aromatic ring is 1. The minimum absolute atomic E-state index is 0.181. The van der Waals surface area contributed by atoms with Crippen LogP contribution < -0.4 is 5.73 Å². The molecular formula is C26H27F3N4O3. The Labute approximate surface area is 206 Å². The second-order valence-corrected chi connectivity index (χ2v) is 9.70.